The second-order valence-electron chi connectivity index (χ2n) is 6.49. The van der Waals surface area contributed by atoms with Gasteiger partial charge in [-0.15, -0.1) is 0 Å². The summed E-state index contributed by atoms with van der Waals surface area (Å²) in [7, 11) is -3.70. The summed E-state index contributed by atoms with van der Waals surface area (Å²) in [6.07, 6.45) is 3.10. The zero-order valence-corrected chi connectivity index (χ0v) is 16.3. The van der Waals surface area contributed by atoms with Gasteiger partial charge in [-0.05, 0) is 61.9 Å². The predicted octanol–water partition coefficient (Wildman–Crippen LogP) is 3.83. The van der Waals surface area contributed by atoms with Crippen LogP contribution in [0, 0.1) is 0 Å². The van der Waals surface area contributed by atoms with E-state index in [4.69, 9.17) is 4.42 Å². The van der Waals surface area contributed by atoms with E-state index in [2.05, 4.69) is 10.0 Å². The standard InChI is InChI=1S/C21H22N2O4S/c1-16(9-12-19-8-5-15-27-19)22-21(24)17-10-13-20(14-11-17)28(25,26)23-18-6-3-2-4-7-18/h2-8,10-11,13-16,23H,9,12H2,1H3,(H,22,24)/t16-/m1/s1. The summed E-state index contributed by atoms with van der Waals surface area (Å²) in [4.78, 5) is 12.5. The summed E-state index contributed by atoms with van der Waals surface area (Å²) in [5.74, 6) is 0.633. The van der Waals surface area contributed by atoms with Crippen molar-refractivity contribution in [1.29, 1.82) is 0 Å². The molecule has 0 aliphatic carbocycles. The molecule has 0 unspecified atom stereocenters. The molecule has 0 fully saturated rings. The van der Waals surface area contributed by atoms with Gasteiger partial charge in [-0.1, -0.05) is 18.2 Å². The van der Waals surface area contributed by atoms with Gasteiger partial charge in [0.1, 0.15) is 5.76 Å². The van der Waals surface area contributed by atoms with Gasteiger partial charge >= 0.3 is 0 Å². The maximum absolute atomic E-state index is 12.4. The molecule has 1 aromatic heterocycles. The van der Waals surface area contributed by atoms with Gasteiger partial charge < -0.3 is 9.73 Å². The summed E-state index contributed by atoms with van der Waals surface area (Å²) in [5.41, 5.74) is 0.887. The molecule has 2 N–H and O–H groups in total. The molecule has 0 bridgehead atoms. The van der Waals surface area contributed by atoms with E-state index in [0.717, 1.165) is 18.6 Å². The van der Waals surface area contributed by atoms with Crippen molar-refractivity contribution in [1.82, 2.24) is 5.32 Å². The van der Waals surface area contributed by atoms with Crippen LogP contribution in [-0.2, 0) is 16.4 Å². The largest absolute Gasteiger partial charge is 0.469 e. The second kappa shape index (κ2) is 8.75. The number of benzene rings is 2. The fraction of sp³-hybridized carbons (Fsp3) is 0.190. The lowest BCUT2D eigenvalue weighted by Gasteiger charge is -2.13. The zero-order chi connectivity index (χ0) is 20.0. The molecule has 146 valence electrons. The Morgan fingerprint density at radius 1 is 1.00 bits per heavy atom. The maximum Gasteiger partial charge on any atom is 0.261 e. The molecule has 28 heavy (non-hydrogen) atoms. The van der Waals surface area contributed by atoms with Crippen LogP contribution in [0.3, 0.4) is 0 Å². The minimum Gasteiger partial charge on any atom is -0.469 e. The lowest BCUT2D eigenvalue weighted by Crippen LogP contribution is -2.32. The average molecular weight is 398 g/mol. The number of carbonyl (C=O) groups excluding carboxylic acids is 1. The van der Waals surface area contributed by atoms with Crippen LogP contribution >= 0.6 is 0 Å². The van der Waals surface area contributed by atoms with Crippen LogP contribution in [0.4, 0.5) is 5.69 Å². The molecule has 6 nitrogen and oxygen atoms in total. The molecule has 2 aromatic carbocycles. The van der Waals surface area contributed by atoms with E-state index < -0.39 is 10.0 Å². The average Bonchev–Trinajstić information content (AvgIpc) is 3.20. The number of rotatable bonds is 8. The molecular weight excluding hydrogens is 376 g/mol. The molecule has 0 spiro atoms. The quantitative estimate of drug-likeness (QED) is 0.604. The fourth-order valence-corrected chi connectivity index (χ4v) is 3.76. The summed E-state index contributed by atoms with van der Waals surface area (Å²) < 4.78 is 32.7. The zero-order valence-electron chi connectivity index (χ0n) is 15.5. The number of para-hydroxylation sites is 1. The van der Waals surface area contributed by atoms with Crippen LogP contribution < -0.4 is 10.0 Å². The Morgan fingerprint density at radius 3 is 2.36 bits per heavy atom. The minimum atomic E-state index is -3.70. The van der Waals surface area contributed by atoms with Gasteiger partial charge in [0.15, 0.2) is 0 Å². The Morgan fingerprint density at radius 2 is 1.71 bits per heavy atom. The van der Waals surface area contributed by atoms with E-state index >= 15 is 0 Å². The van der Waals surface area contributed by atoms with Crippen LogP contribution in [0.2, 0.25) is 0 Å². The van der Waals surface area contributed by atoms with Crippen molar-refractivity contribution in [2.75, 3.05) is 4.72 Å². The number of anilines is 1. The Labute approximate surface area is 164 Å². The summed E-state index contributed by atoms with van der Waals surface area (Å²) in [5, 5.41) is 2.91. The van der Waals surface area contributed by atoms with Crippen LogP contribution in [0.25, 0.3) is 0 Å². The number of sulfonamides is 1. The first kappa shape index (κ1) is 19.7. The maximum atomic E-state index is 12.4. The molecule has 1 heterocycles. The van der Waals surface area contributed by atoms with E-state index in [-0.39, 0.29) is 16.8 Å². The molecule has 7 heteroatoms. The Balaban J connectivity index is 1.59. The lowest BCUT2D eigenvalue weighted by atomic mass is 10.1. The van der Waals surface area contributed by atoms with Crippen LogP contribution in [0.15, 0.2) is 82.3 Å². The molecule has 0 saturated heterocycles. The Hall–Kier alpha value is -3.06. The number of furan rings is 1. The van der Waals surface area contributed by atoms with Gasteiger partial charge in [-0.2, -0.15) is 0 Å². The third kappa shape index (κ3) is 5.23. The van der Waals surface area contributed by atoms with E-state index in [0.29, 0.717) is 11.3 Å². The van der Waals surface area contributed by atoms with Crippen molar-refractivity contribution in [3.63, 3.8) is 0 Å². The smallest absolute Gasteiger partial charge is 0.261 e. The van der Waals surface area contributed by atoms with Crippen molar-refractivity contribution >= 4 is 21.6 Å². The number of nitrogens with one attached hydrogen (secondary N) is 2. The predicted molar refractivity (Wildman–Crippen MR) is 108 cm³/mol. The van der Waals surface area contributed by atoms with Gasteiger partial charge in [0.05, 0.1) is 11.2 Å². The van der Waals surface area contributed by atoms with E-state index in [1.54, 1.807) is 36.6 Å². The number of hydrogen-bond acceptors (Lipinski definition) is 4. The number of amides is 1. The summed E-state index contributed by atoms with van der Waals surface area (Å²) >= 11 is 0. The molecule has 3 aromatic rings. The molecule has 0 saturated carbocycles. The van der Waals surface area contributed by atoms with Crippen molar-refractivity contribution in [3.8, 4) is 0 Å². The lowest BCUT2D eigenvalue weighted by molar-refractivity contribution is 0.0938. The van der Waals surface area contributed by atoms with Gasteiger partial charge in [0.2, 0.25) is 0 Å². The van der Waals surface area contributed by atoms with Gasteiger partial charge in [0.25, 0.3) is 15.9 Å². The van der Waals surface area contributed by atoms with Crippen molar-refractivity contribution in [2.45, 2.75) is 30.7 Å². The van der Waals surface area contributed by atoms with E-state index in [9.17, 15) is 13.2 Å². The molecular formula is C21H22N2O4S. The fourth-order valence-electron chi connectivity index (χ4n) is 2.70. The first-order chi connectivity index (χ1) is 13.4. The number of carbonyl (C=O) groups is 1. The highest BCUT2D eigenvalue weighted by Gasteiger charge is 2.16. The van der Waals surface area contributed by atoms with Gasteiger partial charge in [0, 0.05) is 23.7 Å². The van der Waals surface area contributed by atoms with E-state index in [1.165, 1.54) is 24.3 Å². The van der Waals surface area contributed by atoms with Crippen LogP contribution in [-0.4, -0.2) is 20.4 Å². The third-order valence-electron chi connectivity index (χ3n) is 4.23. The highest BCUT2D eigenvalue weighted by atomic mass is 32.2. The minimum absolute atomic E-state index is 0.0410. The van der Waals surface area contributed by atoms with Crippen molar-refractivity contribution in [2.24, 2.45) is 0 Å². The molecule has 0 aliphatic rings. The van der Waals surface area contributed by atoms with Crippen LogP contribution in [0.1, 0.15) is 29.5 Å². The number of hydrogen-bond donors (Lipinski definition) is 2. The SMILES string of the molecule is C[C@H](CCc1ccco1)NC(=O)c1ccc(S(=O)(=O)Nc2ccccc2)cc1. The van der Waals surface area contributed by atoms with Gasteiger partial charge in [-0.3, -0.25) is 9.52 Å². The first-order valence-corrected chi connectivity index (χ1v) is 10.4. The van der Waals surface area contributed by atoms with E-state index in [1.807, 2.05) is 19.1 Å². The molecule has 0 radical (unpaired) electrons. The number of aryl methyl sites for hydroxylation is 1. The van der Waals surface area contributed by atoms with Crippen LogP contribution in [0.5, 0.6) is 0 Å². The topological polar surface area (TPSA) is 88.4 Å². The summed E-state index contributed by atoms with van der Waals surface area (Å²) in [6.45, 7) is 1.92. The first-order valence-electron chi connectivity index (χ1n) is 8.95. The second-order valence-corrected chi connectivity index (χ2v) is 8.17. The molecule has 1 amide bonds. The summed E-state index contributed by atoms with van der Waals surface area (Å²) in [6, 6.07) is 18.2. The highest BCUT2D eigenvalue weighted by molar-refractivity contribution is 7.92. The third-order valence-corrected chi connectivity index (χ3v) is 5.63. The molecule has 0 aliphatic heterocycles. The van der Waals surface area contributed by atoms with Crippen molar-refractivity contribution in [3.05, 3.63) is 84.3 Å². The highest BCUT2D eigenvalue weighted by Crippen LogP contribution is 2.16. The monoisotopic (exact) mass is 398 g/mol. The van der Waals surface area contributed by atoms with Crippen molar-refractivity contribution < 1.29 is 17.6 Å². The molecule has 1 atom stereocenters. The Bertz CT molecular complexity index is 998. The normalized spacial score (nSPS) is 12.3. The molecule has 3 rings (SSSR count). The Kier molecular flexibility index (Phi) is 6.16. The van der Waals surface area contributed by atoms with Gasteiger partial charge in [-0.25, -0.2) is 8.42 Å².